The summed E-state index contributed by atoms with van der Waals surface area (Å²) in [5.41, 5.74) is 0.247. The Bertz CT molecular complexity index is 849. The number of ketones is 1. The first-order valence-electron chi connectivity index (χ1n) is 10.6. The Balaban J connectivity index is 1.67. The largest absolute Gasteiger partial charge is 0.380 e. The highest BCUT2D eigenvalue weighted by Gasteiger charge is 2.41. The van der Waals surface area contributed by atoms with Crippen LogP contribution in [0.5, 0.6) is 0 Å². The molecular weight excluding hydrogens is 447 g/mol. The maximum atomic E-state index is 12.8. The lowest BCUT2D eigenvalue weighted by atomic mass is 9.83. The van der Waals surface area contributed by atoms with Gasteiger partial charge >= 0.3 is 0 Å². The number of benzene rings is 1. The summed E-state index contributed by atoms with van der Waals surface area (Å²) in [7, 11) is -3.18. The Hall–Kier alpha value is -0.700. The van der Waals surface area contributed by atoms with Crippen LogP contribution in [-0.2, 0) is 14.8 Å². The molecule has 3 rings (SSSR count). The SMILES string of the molecule is CCCS(=O)(=O)N1CCN(C2(CCC(=O)c3ccc(Cl)cc3Cl)CCCOC2)CC1. The van der Waals surface area contributed by atoms with Crippen molar-refractivity contribution in [3.05, 3.63) is 33.8 Å². The minimum Gasteiger partial charge on any atom is -0.380 e. The van der Waals surface area contributed by atoms with Gasteiger partial charge in [-0.1, -0.05) is 30.1 Å². The summed E-state index contributed by atoms with van der Waals surface area (Å²) < 4.78 is 32.2. The molecule has 0 amide bonds. The van der Waals surface area contributed by atoms with Crippen LogP contribution in [0.1, 0.15) is 49.4 Å². The normalized spacial score (nSPS) is 24.1. The number of hydrogen-bond acceptors (Lipinski definition) is 5. The third kappa shape index (κ3) is 5.56. The van der Waals surface area contributed by atoms with Gasteiger partial charge in [-0.3, -0.25) is 9.69 Å². The van der Waals surface area contributed by atoms with E-state index in [0.717, 1.165) is 19.4 Å². The molecule has 1 aromatic rings. The van der Waals surface area contributed by atoms with Crippen molar-refractivity contribution in [2.75, 3.05) is 45.1 Å². The standard InChI is InChI=1S/C21H30Cl2N2O4S/c1-2-14-30(27,28)25-11-9-24(10-12-25)21(7-3-13-29-16-21)8-6-20(26)18-5-4-17(22)15-19(18)23/h4-5,15H,2-3,6-14,16H2,1H3. The highest BCUT2D eigenvalue weighted by Crippen LogP contribution is 2.33. The van der Waals surface area contributed by atoms with Gasteiger partial charge in [-0.15, -0.1) is 0 Å². The minimum absolute atomic E-state index is 0.00854. The number of carbonyl (C=O) groups excluding carboxylic acids is 1. The van der Waals surface area contributed by atoms with E-state index < -0.39 is 10.0 Å². The lowest BCUT2D eigenvalue weighted by molar-refractivity contribution is -0.0639. The Kier molecular flexibility index (Phi) is 8.21. The number of nitrogens with zero attached hydrogens (tertiary/aromatic N) is 2. The average molecular weight is 477 g/mol. The summed E-state index contributed by atoms with van der Waals surface area (Å²) in [4.78, 5) is 15.2. The lowest BCUT2D eigenvalue weighted by Gasteiger charge is -2.49. The van der Waals surface area contributed by atoms with Crippen LogP contribution >= 0.6 is 23.2 Å². The molecule has 2 aliphatic heterocycles. The zero-order valence-corrected chi connectivity index (χ0v) is 19.7. The molecule has 0 saturated carbocycles. The van der Waals surface area contributed by atoms with Gasteiger partial charge in [-0.05, 0) is 43.9 Å². The number of Topliss-reactive ketones (excluding diaryl/α,β-unsaturated/α-hetero) is 1. The van der Waals surface area contributed by atoms with Crippen molar-refractivity contribution in [2.24, 2.45) is 0 Å². The van der Waals surface area contributed by atoms with Gasteiger partial charge in [0.1, 0.15) is 0 Å². The summed E-state index contributed by atoms with van der Waals surface area (Å²) in [6, 6.07) is 4.94. The Morgan fingerprint density at radius 1 is 1.20 bits per heavy atom. The highest BCUT2D eigenvalue weighted by molar-refractivity contribution is 7.89. The van der Waals surface area contributed by atoms with Crippen molar-refractivity contribution >= 4 is 39.0 Å². The first-order chi connectivity index (χ1) is 14.3. The second-order valence-corrected chi connectivity index (χ2v) is 11.1. The predicted octanol–water partition coefficient (Wildman–Crippen LogP) is 3.86. The van der Waals surface area contributed by atoms with Crippen LogP contribution in [0.25, 0.3) is 0 Å². The first kappa shape index (κ1) is 24.0. The topological polar surface area (TPSA) is 66.9 Å². The van der Waals surface area contributed by atoms with Gasteiger partial charge in [0, 0.05) is 55.3 Å². The Labute approximate surface area is 189 Å². The number of rotatable bonds is 8. The number of halogens is 2. The maximum Gasteiger partial charge on any atom is 0.214 e. The zero-order valence-electron chi connectivity index (χ0n) is 17.4. The van der Waals surface area contributed by atoms with Crippen molar-refractivity contribution in [1.82, 2.24) is 9.21 Å². The summed E-state index contributed by atoms with van der Waals surface area (Å²) in [5, 5.41) is 0.876. The average Bonchev–Trinajstić information content (AvgIpc) is 2.73. The van der Waals surface area contributed by atoms with Crippen LogP contribution in [-0.4, -0.2) is 74.1 Å². The number of sulfonamides is 1. The molecule has 2 heterocycles. The Morgan fingerprint density at radius 3 is 2.53 bits per heavy atom. The molecule has 0 aliphatic carbocycles. The third-order valence-electron chi connectivity index (χ3n) is 6.12. The fraction of sp³-hybridized carbons (Fsp3) is 0.667. The van der Waals surface area contributed by atoms with Gasteiger partial charge in [-0.25, -0.2) is 8.42 Å². The molecule has 0 aromatic heterocycles. The predicted molar refractivity (Wildman–Crippen MR) is 120 cm³/mol. The van der Waals surface area contributed by atoms with Crippen molar-refractivity contribution in [1.29, 1.82) is 0 Å². The maximum absolute atomic E-state index is 12.8. The van der Waals surface area contributed by atoms with Gasteiger partial charge in [-0.2, -0.15) is 4.31 Å². The number of piperazine rings is 1. The second kappa shape index (κ2) is 10.3. The lowest BCUT2D eigenvalue weighted by Crippen LogP contribution is -2.61. The second-order valence-electron chi connectivity index (χ2n) is 8.13. The molecule has 2 fully saturated rings. The fourth-order valence-electron chi connectivity index (χ4n) is 4.47. The smallest absolute Gasteiger partial charge is 0.214 e. The number of ether oxygens (including phenoxy) is 1. The molecule has 1 aromatic carbocycles. The van der Waals surface area contributed by atoms with E-state index in [-0.39, 0.29) is 17.1 Å². The van der Waals surface area contributed by atoms with Gasteiger partial charge in [0.15, 0.2) is 5.78 Å². The third-order valence-corrected chi connectivity index (χ3v) is 8.74. The molecule has 168 valence electrons. The van der Waals surface area contributed by atoms with E-state index in [1.165, 1.54) is 0 Å². The molecule has 30 heavy (non-hydrogen) atoms. The van der Waals surface area contributed by atoms with Crippen LogP contribution in [0.15, 0.2) is 18.2 Å². The van der Waals surface area contributed by atoms with E-state index in [1.54, 1.807) is 22.5 Å². The molecule has 2 saturated heterocycles. The molecule has 6 nitrogen and oxygen atoms in total. The molecular formula is C21H30Cl2N2O4S. The van der Waals surface area contributed by atoms with Crippen LogP contribution in [0.4, 0.5) is 0 Å². The van der Waals surface area contributed by atoms with Crippen molar-refractivity contribution in [3.8, 4) is 0 Å². The van der Waals surface area contributed by atoms with E-state index >= 15 is 0 Å². The number of hydrogen-bond donors (Lipinski definition) is 0. The van der Waals surface area contributed by atoms with Crippen LogP contribution in [0.3, 0.4) is 0 Å². The molecule has 9 heteroatoms. The molecule has 0 N–H and O–H groups in total. The summed E-state index contributed by atoms with van der Waals surface area (Å²) in [5.74, 6) is 0.184. The number of carbonyl (C=O) groups is 1. The van der Waals surface area contributed by atoms with E-state index in [0.29, 0.717) is 67.7 Å². The molecule has 1 unspecified atom stereocenters. The van der Waals surface area contributed by atoms with Crippen molar-refractivity contribution < 1.29 is 17.9 Å². The summed E-state index contributed by atoms with van der Waals surface area (Å²) >= 11 is 12.2. The van der Waals surface area contributed by atoms with Crippen LogP contribution in [0, 0.1) is 0 Å². The van der Waals surface area contributed by atoms with Gasteiger partial charge < -0.3 is 4.74 Å². The van der Waals surface area contributed by atoms with Crippen molar-refractivity contribution in [3.63, 3.8) is 0 Å². The van der Waals surface area contributed by atoms with Crippen LogP contribution < -0.4 is 0 Å². The van der Waals surface area contributed by atoms with Crippen LogP contribution in [0.2, 0.25) is 10.0 Å². The molecule has 0 radical (unpaired) electrons. The zero-order chi connectivity index (χ0) is 21.8. The quantitative estimate of drug-likeness (QED) is 0.532. The summed E-state index contributed by atoms with van der Waals surface area (Å²) in [6.45, 7) is 5.46. The van der Waals surface area contributed by atoms with Crippen molar-refractivity contribution in [2.45, 2.75) is 44.6 Å². The van der Waals surface area contributed by atoms with E-state index in [4.69, 9.17) is 27.9 Å². The minimum atomic E-state index is -3.18. The van der Waals surface area contributed by atoms with Gasteiger partial charge in [0.2, 0.25) is 10.0 Å². The van der Waals surface area contributed by atoms with Gasteiger partial charge in [0.05, 0.1) is 17.4 Å². The first-order valence-corrected chi connectivity index (χ1v) is 12.9. The molecule has 1 atom stereocenters. The van der Waals surface area contributed by atoms with Gasteiger partial charge in [0.25, 0.3) is 0 Å². The monoisotopic (exact) mass is 476 g/mol. The molecule has 2 aliphatic rings. The van der Waals surface area contributed by atoms with E-state index in [9.17, 15) is 13.2 Å². The van der Waals surface area contributed by atoms with E-state index in [1.807, 2.05) is 6.92 Å². The molecule has 0 bridgehead atoms. The Morgan fingerprint density at radius 2 is 1.93 bits per heavy atom. The van der Waals surface area contributed by atoms with E-state index in [2.05, 4.69) is 4.90 Å². The fourth-order valence-corrected chi connectivity index (χ4v) is 6.47. The molecule has 0 spiro atoms. The highest BCUT2D eigenvalue weighted by atomic mass is 35.5. The summed E-state index contributed by atoms with van der Waals surface area (Å²) in [6.07, 6.45) is 3.52.